The number of rotatable bonds is 6. The molecule has 0 radical (unpaired) electrons. The van der Waals surface area contributed by atoms with Gasteiger partial charge in [0.25, 0.3) is 10.0 Å². The van der Waals surface area contributed by atoms with Gasteiger partial charge in [-0.25, -0.2) is 13.2 Å². The van der Waals surface area contributed by atoms with Gasteiger partial charge in [0.15, 0.2) is 0 Å². The first-order chi connectivity index (χ1) is 13.6. The van der Waals surface area contributed by atoms with Gasteiger partial charge < -0.3 is 5.32 Å². The topological polar surface area (TPSA) is 90.2 Å². The number of benzene rings is 2. The Morgan fingerprint density at radius 3 is 2.21 bits per heavy atom. The van der Waals surface area contributed by atoms with E-state index in [-0.39, 0.29) is 34.8 Å². The molecule has 0 aliphatic carbocycles. The van der Waals surface area contributed by atoms with Crippen LogP contribution in [0.15, 0.2) is 62.7 Å². The number of amides is 1. The summed E-state index contributed by atoms with van der Waals surface area (Å²) in [5, 5.41) is 2.84. The van der Waals surface area contributed by atoms with Crippen LogP contribution < -0.4 is 11.0 Å². The number of halogens is 1. The Morgan fingerprint density at radius 1 is 1.03 bits per heavy atom. The first-order valence-electron chi connectivity index (χ1n) is 9.13. The Hall–Kier alpha value is -2.39. The largest absolute Gasteiger partial charge is 0.352 e. The van der Waals surface area contributed by atoms with Gasteiger partial charge in [0.2, 0.25) is 5.91 Å². The number of carbonyl (C=O) groups excluding carboxylic acids is 1. The smallest absolute Gasteiger partial charge is 0.343 e. The van der Waals surface area contributed by atoms with Gasteiger partial charge in [0.1, 0.15) is 6.54 Å². The fourth-order valence-corrected chi connectivity index (χ4v) is 4.56. The fraction of sp³-hybridized carbons (Fsp3) is 0.300. The molecule has 3 rings (SSSR count). The van der Waals surface area contributed by atoms with Gasteiger partial charge in [-0.1, -0.05) is 41.9 Å². The highest BCUT2D eigenvalue weighted by atomic mass is 79.9. The number of fused-ring (bicyclic) bond motifs is 1. The number of hydrogen-bond acceptors (Lipinski definition) is 4. The van der Waals surface area contributed by atoms with E-state index in [1.54, 1.807) is 36.4 Å². The zero-order valence-corrected chi connectivity index (χ0v) is 18.7. The van der Waals surface area contributed by atoms with Crippen molar-refractivity contribution in [2.75, 3.05) is 0 Å². The maximum absolute atomic E-state index is 13.2. The molecule has 29 heavy (non-hydrogen) atoms. The van der Waals surface area contributed by atoms with Crippen LogP contribution in [0.25, 0.3) is 11.0 Å². The summed E-state index contributed by atoms with van der Waals surface area (Å²) in [6, 6.07) is 12.5. The van der Waals surface area contributed by atoms with Crippen LogP contribution in [0.3, 0.4) is 0 Å². The van der Waals surface area contributed by atoms with Crippen molar-refractivity contribution in [3.63, 3.8) is 0 Å². The minimum absolute atomic E-state index is 0.0106. The van der Waals surface area contributed by atoms with E-state index in [4.69, 9.17) is 0 Å². The number of hydrogen-bond donors (Lipinski definition) is 1. The maximum atomic E-state index is 13.2. The quantitative estimate of drug-likeness (QED) is 0.588. The van der Waals surface area contributed by atoms with E-state index >= 15 is 0 Å². The summed E-state index contributed by atoms with van der Waals surface area (Å²) in [5.41, 5.74) is -0.169. The molecule has 0 saturated heterocycles. The van der Waals surface area contributed by atoms with Gasteiger partial charge in [-0.2, -0.15) is 3.97 Å². The number of para-hydroxylation sites is 2. The van der Waals surface area contributed by atoms with Crippen LogP contribution in [0.1, 0.15) is 20.8 Å². The van der Waals surface area contributed by atoms with Crippen molar-refractivity contribution in [2.24, 2.45) is 5.92 Å². The molecular weight excluding hydrogens is 458 g/mol. The molecule has 9 heteroatoms. The van der Waals surface area contributed by atoms with Crippen LogP contribution in [0.4, 0.5) is 0 Å². The van der Waals surface area contributed by atoms with E-state index in [2.05, 4.69) is 21.2 Å². The lowest BCUT2D eigenvalue weighted by atomic mass is 10.1. The number of imidazole rings is 1. The third-order valence-corrected chi connectivity index (χ3v) is 7.07. The first-order valence-corrected chi connectivity index (χ1v) is 11.4. The van der Waals surface area contributed by atoms with Gasteiger partial charge in [-0.05, 0) is 49.2 Å². The summed E-state index contributed by atoms with van der Waals surface area (Å²) in [6.07, 6.45) is 0. The van der Waals surface area contributed by atoms with Gasteiger partial charge in [-0.15, -0.1) is 0 Å². The molecule has 0 fully saturated rings. The minimum Gasteiger partial charge on any atom is -0.352 e. The summed E-state index contributed by atoms with van der Waals surface area (Å²) in [4.78, 5) is 25.5. The lowest BCUT2D eigenvalue weighted by Gasteiger charge is -2.17. The molecule has 0 saturated carbocycles. The highest BCUT2D eigenvalue weighted by Crippen LogP contribution is 2.21. The predicted molar refractivity (Wildman–Crippen MR) is 115 cm³/mol. The molecule has 1 amide bonds. The number of nitrogens with zero attached hydrogens (tertiary/aromatic N) is 2. The van der Waals surface area contributed by atoms with Crippen molar-refractivity contribution >= 4 is 42.9 Å². The molecule has 3 aromatic rings. The molecule has 2 aromatic carbocycles. The van der Waals surface area contributed by atoms with E-state index in [0.29, 0.717) is 5.52 Å². The van der Waals surface area contributed by atoms with E-state index < -0.39 is 15.7 Å². The minimum atomic E-state index is -4.13. The van der Waals surface area contributed by atoms with Crippen molar-refractivity contribution in [3.8, 4) is 0 Å². The van der Waals surface area contributed by atoms with Gasteiger partial charge in [0.05, 0.1) is 15.9 Å². The zero-order chi connectivity index (χ0) is 21.3. The van der Waals surface area contributed by atoms with Crippen LogP contribution in [-0.2, 0) is 21.4 Å². The number of aromatic nitrogens is 2. The Bertz CT molecular complexity index is 1210. The summed E-state index contributed by atoms with van der Waals surface area (Å²) in [7, 11) is -4.13. The molecule has 1 atom stereocenters. The Kier molecular flexibility index (Phi) is 6.00. The summed E-state index contributed by atoms with van der Waals surface area (Å²) in [5.74, 6) is -0.118. The van der Waals surface area contributed by atoms with Crippen molar-refractivity contribution in [3.05, 3.63) is 63.5 Å². The standard InChI is InChI=1S/C20H22BrN3O4S/c1-13(2)14(3)22-19(25)12-23-17-6-4-5-7-18(17)24(20(23)26)29(27,28)16-10-8-15(21)9-11-16/h4-11,13-14H,12H2,1-3H3,(H,22,25). The molecule has 7 nitrogen and oxygen atoms in total. The molecule has 0 spiro atoms. The van der Waals surface area contributed by atoms with Crippen LogP contribution in [0.2, 0.25) is 0 Å². The van der Waals surface area contributed by atoms with Crippen molar-refractivity contribution in [1.29, 1.82) is 0 Å². The highest BCUT2D eigenvalue weighted by molar-refractivity contribution is 9.10. The third-order valence-electron chi connectivity index (χ3n) is 4.84. The summed E-state index contributed by atoms with van der Waals surface area (Å²) >= 11 is 3.27. The second kappa shape index (κ2) is 8.16. The van der Waals surface area contributed by atoms with Crippen LogP contribution in [-0.4, -0.2) is 28.9 Å². The molecule has 1 unspecified atom stereocenters. The maximum Gasteiger partial charge on any atom is 0.343 e. The summed E-state index contributed by atoms with van der Waals surface area (Å²) in [6.45, 7) is 5.58. The molecule has 0 aliphatic heterocycles. The lowest BCUT2D eigenvalue weighted by Crippen LogP contribution is -2.40. The Morgan fingerprint density at radius 2 is 1.62 bits per heavy atom. The monoisotopic (exact) mass is 479 g/mol. The van der Waals surface area contributed by atoms with E-state index in [1.165, 1.54) is 16.7 Å². The normalized spacial score (nSPS) is 13.0. The van der Waals surface area contributed by atoms with Crippen molar-refractivity contribution in [2.45, 2.75) is 38.3 Å². The first kappa shape index (κ1) is 21.3. The fourth-order valence-electron chi connectivity index (χ4n) is 2.89. The van der Waals surface area contributed by atoms with Crippen molar-refractivity contribution in [1.82, 2.24) is 13.9 Å². The van der Waals surface area contributed by atoms with Crippen molar-refractivity contribution < 1.29 is 13.2 Å². The molecule has 154 valence electrons. The van der Waals surface area contributed by atoms with Crippen LogP contribution in [0, 0.1) is 5.92 Å². The predicted octanol–water partition coefficient (Wildman–Crippen LogP) is 2.96. The van der Waals surface area contributed by atoms with E-state index in [0.717, 1.165) is 8.45 Å². The molecular formula is C20H22BrN3O4S. The summed E-state index contributed by atoms with van der Waals surface area (Å²) < 4.78 is 29.0. The number of carbonyl (C=O) groups is 1. The molecule has 0 aliphatic rings. The molecule has 0 bridgehead atoms. The Labute approximate surface area is 177 Å². The molecule has 1 heterocycles. The van der Waals surface area contributed by atoms with E-state index in [9.17, 15) is 18.0 Å². The second-order valence-corrected chi connectivity index (χ2v) is 9.88. The third kappa shape index (κ3) is 4.16. The average Bonchev–Trinajstić information content (AvgIpc) is 2.94. The van der Waals surface area contributed by atoms with E-state index in [1.807, 2.05) is 20.8 Å². The SMILES string of the molecule is CC(C)C(C)NC(=O)Cn1c(=O)n(S(=O)(=O)c2ccc(Br)cc2)c2ccccc21. The lowest BCUT2D eigenvalue weighted by molar-refractivity contribution is -0.122. The van der Waals surface area contributed by atoms with Gasteiger partial charge in [-0.3, -0.25) is 9.36 Å². The number of nitrogens with one attached hydrogen (secondary N) is 1. The van der Waals surface area contributed by atoms with Gasteiger partial charge >= 0.3 is 5.69 Å². The van der Waals surface area contributed by atoms with Crippen LogP contribution >= 0.6 is 15.9 Å². The second-order valence-electron chi connectivity index (χ2n) is 7.18. The molecule has 1 aromatic heterocycles. The van der Waals surface area contributed by atoms with Gasteiger partial charge in [0, 0.05) is 10.5 Å². The zero-order valence-electron chi connectivity index (χ0n) is 16.3. The molecule has 1 N–H and O–H groups in total. The average molecular weight is 480 g/mol. The van der Waals surface area contributed by atoms with Crippen LogP contribution in [0.5, 0.6) is 0 Å². The highest BCUT2D eigenvalue weighted by Gasteiger charge is 2.26. The Balaban J connectivity index is 2.11.